The SMILES string of the molecule is CCC(=O)NC(CCC(=O)N1C(=O)/C(=C\c2[nH]c(C)c(C(=O)NCCN(CC)CC)c2C)c2cc(F)ccc21)C(=O)NCc1ccc(OC)cc1. The molecule has 0 spiro atoms. The van der Waals surface area contributed by atoms with Crippen LogP contribution >= 0.6 is 0 Å². The number of aromatic amines is 1. The molecule has 1 atom stereocenters. The molecule has 4 N–H and O–H groups in total. The topological polar surface area (TPSA) is 153 Å². The first kappa shape index (κ1) is 38.5. The van der Waals surface area contributed by atoms with Crippen molar-refractivity contribution in [2.24, 2.45) is 0 Å². The summed E-state index contributed by atoms with van der Waals surface area (Å²) in [5, 5.41) is 8.42. The molecule has 1 aliphatic rings. The lowest BCUT2D eigenvalue weighted by atomic mass is 10.0. The maximum Gasteiger partial charge on any atom is 0.265 e. The highest BCUT2D eigenvalue weighted by Gasteiger charge is 2.37. The molecule has 272 valence electrons. The number of nitrogens with zero attached hydrogens (tertiary/aromatic N) is 2. The average Bonchev–Trinajstić information content (AvgIpc) is 3.56. The van der Waals surface area contributed by atoms with Gasteiger partial charge in [0.25, 0.3) is 11.8 Å². The molecule has 0 aliphatic carbocycles. The van der Waals surface area contributed by atoms with Crippen molar-refractivity contribution in [2.75, 3.05) is 38.2 Å². The lowest BCUT2D eigenvalue weighted by Gasteiger charge is -2.20. The number of amides is 5. The number of aryl methyl sites for hydroxylation is 1. The summed E-state index contributed by atoms with van der Waals surface area (Å²) in [6.07, 6.45) is 1.31. The molecule has 4 rings (SSSR count). The lowest BCUT2D eigenvalue weighted by Crippen LogP contribution is -2.47. The largest absolute Gasteiger partial charge is 0.497 e. The highest BCUT2D eigenvalue weighted by atomic mass is 19.1. The average molecular weight is 703 g/mol. The lowest BCUT2D eigenvalue weighted by molar-refractivity contribution is -0.129. The summed E-state index contributed by atoms with van der Waals surface area (Å²) in [7, 11) is 1.56. The van der Waals surface area contributed by atoms with E-state index in [9.17, 15) is 28.4 Å². The molecule has 0 saturated heterocycles. The van der Waals surface area contributed by atoms with Crippen LogP contribution in [0.25, 0.3) is 11.6 Å². The van der Waals surface area contributed by atoms with Crippen LogP contribution in [0.3, 0.4) is 0 Å². The van der Waals surface area contributed by atoms with Crippen LogP contribution in [0, 0.1) is 19.7 Å². The van der Waals surface area contributed by atoms with E-state index in [-0.39, 0.29) is 54.4 Å². The van der Waals surface area contributed by atoms with Gasteiger partial charge in [0.1, 0.15) is 17.6 Å². The molecule has 51 heavy (non-hydrogen) atoms. The Kier molecular flexibility index (Phi) is 13.3. The van der Waals surface area contributed by atoms with Gasteiger partial charge in [-0.25, -0.2) is 9.29 Å². The highest BCUT2D eigenvalue weighted by Crippen LogP contribution is 2.39. The van der Waals surface area contributed by atoms with Gasteiger partial charge in [-0.3, -0.25) is 24.0 Å². The van der Waals surface area contributed by atoms with Gasteiger partial charge < -0.3 is 30.6 Å². The maximum absolute atomic E-state index is 14.5. The Morgan fingerprint density at radius 3 is 2.37 bits per heavy atom. The van der Waals surface area contributed by atoms with Crippen molar-refractivity contribution in [1.29, 1.82) is 0 Å². The van der Waals surface area contributed by atoms with Crippen molar-refractivity contribution in [3.05, 3.63) is 81.9 Å². The summed E-state index contributed by atoms with van der Waals surface area (Å²) < 4.78 is 19.7. The van der Waals surface area contributed by atoms with Gasteiger partial charge in [-0.1, -0.05) is 32.9 Å². The minimum atomic E-state index is -1.04. The number of fused-ring (bicyclic) bond motifs is 1. The van der Waals surface area contributed by atoms with Crippen molar-refractivity contribution in [2.45, 2.75) is 66.5 Å². The number of methoxy groups -OCH3 is 1. The summed E-state index contributed by atoms with van der Waals surface area (Å²) >= 11 is 0. The fraction of sp³-hybridized carbons (Fsp3) is 0.395. The number of carbonyl (C=O) groups excluding carboxylic acids is 5. The summed E-state index contributed by atoms with van der Waals surface area (Å²) in [6, 6.07) is 9.80. The van der Waals surface area contributed by atoms with Gasteiger partial charge in [0.15, 0.2) is 0 Å². The third kappa shape index (κ3) is 9.28. The van der Waals surface area contributed by atoms with Gasteiger partial charge in [0.2, 0.25) is 17.7 Å². The summed E-state index contributed by atoms with van der Waals surface area (Å²) in [6.45, 7) is 12.4. The molecular weight excluding hydrogens is 655 g/mol. The van der Waals surface area contributed by atoms with Crippen LogP contribution in [0.2, 0.25) is 0 Å². The molecule has 1 aliphatic heterocycles. The molecular formula is C38H47FN6O6. The molecule has 2 aromatic carbocycles. The molecule has 12 nitrogen and oxygen atoms in total. The van der Waals surface area contributed by atoms with Crippen molar-refractivity contribution in [3.8, 4) is 5.75 Å². The second-order valence-electron chi connectivity index (χ2n) is 12.3. The first-order valence-corrected chi connectivity index (χ1v) is 17.2. The third-order valence-electron chi connectivity index (χ3n) is 9.02. The van der Waals surface area contributed by atoms with E-state index in [0.29, 0.717) is 41.4 Å². The van der Waals surface area contributed by atoms with E-state index >= 15 is 0 Å². The normalized spacial score (nSPS) is 13.7. The Morgan fingerprint density at radius 1 is 1.02 bits per heavy atom. The van der Waals surface area contributed by atoms with E-state index in [2.05, 4.69) is 39.7 Å². The number of anilines is 1. The molecule has 0 fully saturated rings. The number of imide groups is 1. The van der Waals surface area contributed by atoms with Crippen molar-refractivity contribution < 1.29 is 33.1 Å². The first-order valence-electron chi connectivity index (χ1n) is 17.2. The number of likely N-dealkylation sites (N-methyl/N-ethyl adjacent to an activating group) is 1. The Labute approximate surface area is 297 Å². The van der Waals surface area contributed by atoms with Gasteiger partial charge in [-0.05, 0) is 80.9 Å². The van der Waals surface area contributed by atoms with Gasteiger partial charge in [0.05, 0.1) is 23.9 Å². The molecule has 1 unspecified atom stereocenters. The van der Waals surface area contributed by atoms with Crippen LogP contribution < -0.4 is 25.6 Å². The Bertz CT molecular complexity index is 1800. The number of ether oxygens (including phenoxy) is 1. The second-order valence-corrected chi connectivity index (χ2v) is 12.3. The summed E-state index contributed by atoms with van der Waals surface area (Å²) in [4.78, 5) is 72.5. The van der Waals surface area contributed by atoms with Gasteiger partial charge in [-0.2, -0.15) is 0 Å². The number of carbonyl (C=O) groups is 5. The zero-order chi connectivity index (χ0) is 37.2. The maximum atomic E-state index is 14.5. The summed E-state index contributed by atoms with van der Waals surface area (Å²) in [5.41, 5.74) is 3.43. The molecule has 1 aromatic heterocycles. The van der Waals surface area contributed by atoms with Crippen LogP contribution in [-0.2, 0) is 25.7 Å². The molecule has 5 amide bonds. The van der Waals surface area contributed by atoms with Crippen LogP contribution in [-0.4, -0.2) is 78.8 Å². The van der Waals surface area contributed by atoms with Crippen LogP contribution in [0.4, 0.5) is 10.1 Å². The second kappa shape index (κ2) is 17.6. The van der Waals surface area contributed by atoms with Crippen molar-refractivity contribution >= 4 is 46.9 Å². The Balaban J connectivity index is 1.52. The van der Waals surface area contributed by atoms with E-state index in [1.165, 1.54) is 18.2 Å². The Hall–Kier alpha value is -5.30. The standard InChI is InChI=1S/C38H47FN6O6/c1-7-33(46)43-30(36(48)41-22-25-10-13-27(51-6)14-11-25)15-17-34(47)45-32-16-12-26(39)20-28(32)29(38(45)50)21-31-23(4)35(24(5)42-31)37(49)40-18-19-44(8-2)9-3/h10-14,16,20-21,30,42H,7-9,15,17-19,22H2,1-6H3,(H,40,49)(H,41,48)(H,43,46)/b29-21-. The van der Waals surface area contributed by atoms with Crippen LogP contribution in [0.1, 0.15) is 78.5 Å². The van der Waals surface area contributed by atoms with Crippen molar-refractivity contribution in [3.63, 3.8) is 0 Å². The fourth-order valence-corrected chi connectivity index (χ4v) is 6.01. The number of rotatable bonds is 16. The predicted molar refractivity (Wildman–Crippen MR) is 193 cm³/mol. The van der Waals surface area contributed by atoms with E-state index in [1.54, 1.807) is 52.1 Å². The quantitative estimate of drug-likeness (QED) is 0.163. The van der Waals surface area contributed by atoms with E-state index < -0.39 is 29.6 Å². The summed E-state index contributed by atoms with van der Waals surface area (Å²) in [5.74, 6) is -2.33. The van der Waals surface area contributed by atoms with E-state index in [0.717, 1.165) is 29.6 Å². The van der Waals surface area contributed by atoms with E-state index in [4.69, 9.17) is 4.74 Å². The zero-order valence-corrected chi connectivity index (χ0v) is 30.1. The molecule has 3 aromatic rings. The molecule has 0 radical (unpaired) electrons. The number of nitrogens with one attached hydrogen (secondary N) is 4. The van der Waals surface area contributed by atoms with Gasteiger partial charge in [0, 0.05) is 49.4 Å². The molecule has 0 saturated carbocycles. The zero-order valence-electron chi connectivity index (χ0n) is 30.1. The number of aromatic nitrogens is 1. The number of hydrogen-bond acceptors (Lipinski definition) is 7. The van der Waals surface area contributed by atoms with Crippen LogP contribution in [0.5, 0.6) is 5.75 Å². The molecule has 2 heterocycles. The molecule has 0 bridgehead atoms. The molecule has 13 heteroatoms. The fourth-order valence-electron chi connectivity index (χ4n) is 6.01. The van der Waals surface area contributed by atoms with E-state index in [1.807, 2.05) is 0 Å². The minimum Gasteiger partial charge on any atom is -0.497 e. The predicted octanol–water partition coefficient (Wildman–Crippen LogP) is 4.26. The number of H-pyrrole nitrogens is 1. The van der Waals surface area contributed by atoms with Gasteiger partial charge >= 0.3 is 0 Å². The van der Waals surface area contributed by atoms with Gasteiger partial charge in [-0.15, -0.1) is 0 Å². The first-order chi connectivity index (χ1) is 24.4. The minimum absolute atomic E-state index is 0.0729. The van der Waals surface area contributed by atoms with Crippen LogP contribution in [0.15, 0.2) is 42.5 Å². The number of halogens is 1. The number of benzene rings is 2. The third-order valence-corrected chi connectivity index (χ3v) is 9.02. The highest BCUT2D eigenvalue weighted by molar-refractivity contribution is 6.42. The van der Waals surface area contributed by atoms with Crippen molar-refractivity contribution in [1.82, 2.24) is 25.8 Å². The smallest absolute Gasteiger partial charge is 0.265 e. The number of hydrogen-bond donors (Lipinski definition) is 4. The Morgan fingerprint density at radius 2 is 1.73 bits per heavy atom. The monoisotopic (exact) mass is 702 g/mol.